The third-order valence-electron chi connectivity index (χ3n) is 4.71. The smallest absolute Gasteiger partial charge is 0.339 e. The molecule has 1 amide bonds. The second kappa shape index (κ2) is 6.67. The van der Waals surface area contributed by atoms with Gasteiger partial charge in [0.05, 0.1) is 0 Å². The topological polar surface area (TPSA) is 59.8 Å². The Morgan fingerprint density at radius 1 is 1.29 bits per heavy atom. The molecule has 1 atom stereocenters. The van der Waals surface area contributed by atoms with E-state index in [-0.39, 0.29) is 11.5 Å². The van der Waals surface area contributed by atoms with Gasteiger partial charge in [-0.05, 0) is 57.2 Å². The van der Waals surface area contributed by atoms with E-state index >= 15 is 0 Å². The molecule has 3 rings (SSSR count). The van der Waals surface area contributed by atoms with Crippen LogP contribution in [0.15, 0.2) is 27.4 Å². The number of carbonyl (C=O) groups is 1. The van der Waals surface area contributed by atoms with Crippen LogP contribution in [0.2, 0.25) is 0 Å². The first-order chi connectivity index (χ1) is 11.5. The third kappa shape index (κ3) is 3.03. The van der Waals surface area contributed by atoms with Crippen LogP contribution in [0.3, 0.4) is 0 Å². The molecule has 2 aromatic rings. The van der Waals surface area contributed by atoms with Crippen molar-refractivity contribution in [2.24, 2.45) is 0 Å². The van der Waals surface area contributed by atoms with Crippen molar-refractivity contribution in [2.45, 2.75) is 45.6 Å². The fourth-order valence-electron chi connectivity index (χ4n) is 3.22. The lowest BCUT2D eigenvalue weighted by atomic mass is 9.91. The minimum Gasteiger partial charge on any atom is -0.481 e. The summed E-state index contributed by atoms with van der Waals surface area (Å²) in [4.78, 5) is 25.9. The molecule has 24 heavy (non-hydrogen) atoms. The molecule has 1 aromatic carbocycles. The average molecular weight is 329 g/mol. The SMILES string of the molecule is CCN(C)C(=O)C(C)Oc1ccc2c3c(c(=O)oc2c1)CCCC3. The van der Waals surface area contributed by atoms with Crippen LogP contribution in [0.25, 0.3) is 11.0 Å². The van der Waals surface area contributed by atoms with E-state index in [9.17, 15) is 9.59 Å². The summed E-state index contributed by atoms with van der Waals surface area (Å²) < 4.78 is 11.2. The number of aryl methyl sites for hydroxylation is 1. The van der Waals surface area contributed by atoms with Crippen LogP contribution in [-0.4, -0.2) is 30.5 Å². The second-order valence-corrected chi connectivity index (χ2v) is 6.32. The molecule has 1 aliphatic rings. The molecule has 0 spiro atoms. The minimum absolute atomic E-state index is 0.0792. The maximum atomic E-state index is 12.2. The molecule has 1 unspecified atom stereocenters. The lowest BCUT2D eigenvalue weighted by Crippen LogP contribution is -2.37. The van der Waals surface area contributed by atoms with E-state index in [0.717, 1.165) is 42.2 Å². The van der Waals surface area contributed by atoms with Crippen molar-refractivity contribution in [3.05, 3.63) is 39.7 Å². The van der Waals surface area contributed by atoms with Gasteiger partial charge >= 0.3 is 5.63 Å². The van der Waals surface area contributed by atoms with Gasteiger partial charge in [0.25, 0.3) is 5.91 Å². The second-order valence-electron chi connectivity index (χ2n) is 6.32. The van der Waals surface area contributed by atoms with E-state index in [0.29, 0.717) is 17.9 Å². The zero-order valence-corrected chi connectivity index (χ0v) is 14.4. The van der Waals surface area contributed by atoms with E-state index < -0.39 is 6.10 Å². The number of nitrogens with zero attached hydrogens (tertiary/aromatic N) is 1. The first kappa shape index (κ1) is 16.6. The Kier molecular flexibility index (Phi) is 4.60. The Morgan fingerprint density at radius 3 is 2.71 bits per heavy atom. The summed E-state index contributed by atoms with van der Waals surface area (Å²) in [5, 5.41) is 0.973. The van der Waals surface area contributed by atoms with Gasteiger partial charge in [0.1, 0.15) is 11.3 Å². The van der Waals surface area contributed by atoms with Crippen LogP contribution in [0.4, 0.5) is 0 Å². The van der Waals surface area contributed by atoms with E-state index in [1.54, 1.807) is 24.9 Å². The molecule has 1 aromatic heterocycles. The highest BCUT2D eigenvalue weighted by Crippen LogP contribution is 2.29. The summed E-state index contributed by atoms with van der Waals surface area (Å²) >= 11 is 0. The zero-order valence-electron chi connectivity index (χ0n) is 14.4. The fraction of sp³-hybridized carbons (Fsp3) is 0.474. The quantitative estimate of drug-likeness (QED) is 0.809. The Bertz CT molecular complexity index is 824. The summed E-state index contributed by atoms with van der Waals surface area (Å²) in [6, 6.07) is 5.48. The number of rotatable bonds is 4. The van der Waals surface area contributed by atoms with Gasteiger partial charge in [-0.15, -0.1) is 0 Å². The van der Waals surface area contributed by atoms with Gasteiger partial charge in [-0.25, -0.2) is 4.79 Å². The molecule has 0 radical (unpaired) electrons. The van der Waals surface area contributed by atoms with E-state index in [4.69, 9.17) is 9.15 Å². The van der Waals surface area contributed by atoms with Crippen molar-refractivity contribution in [1.82, 2.24) is 4.90 Å². The van der Waals surface area contributed by atoms with E-state index in [1.165, 1.54) is 0 Å². The number of benzene rings is 1. The number of likely N-dealkylation sites (N-methyl/N-ethyl adjacent to an activating group) is 1. The molecule has 5 heteroatoms. The third-order valence-corrected chi connectivity index (χ3v) is 4.71. The summed E-state index contributed by atoms with van der Waals surface area (Å²) in [6.07, 6.45) is 3.25. The lowest BCUT2D eigenvalue weighted by molar-refractivity contribution is -0.136. The van der Waals surface area contributed by atoms with E-state index in [1.807, 2.05) is 19.1 Å². The van der Waals surface area contributed by atoms with Gasteiger partial charge in [0.2, 0.25) is 0 Å². The van der Waals surface area contributed by atoms with Crippen LogP contribution in [0, 0.1) is 0 Å². The molecular weight excluding hydrogens is 306 g/mol. The van der Waals surface area contributed by atoms with Crippen LogP contribution < -0.4 is 10.4 Å². The van der Waals surface area contributed by atoms with Crippen molar-refractivity contribution < 1.29 is 13.9 Å². The molecular formula is C19H23NO4. The maximum Gasteiger partial charge on any atom is 0.339 e. The molecule has 0 saturated carbocycles. The largest absolute Gasteiger partial charge is 0.481 e. The lowest BCUT2D eigenvalue weighted by Gasteiger charge is -2.21. The van der Waals surface area contributed by atoms with Gasteiger partial charge < -0.3 is 14.1 Å². The highest BCUT2D eigenvalue weighted by atomic mass is 16.5. The molecule has 0 saturated heterocycles. The normalized spacial score (nSPS) is 15.0. The Morgan fingerprint density at radius 2 is 2.00 bits per heavy atom. The predicted octanol–water partition coefficient (Wildman–Crippen LogP) is 2.92. The zero-order chi connectivity index (χ0) is 17.3. The van der Waals surface area contributed by atoms with Gasteiger partial charge in [0.15, 0.2) is 6.10 Å². The minimum atomic E-state index is -0.586. The van der Waals surface area contributed by atoms with Gasteiger partial charge in [-0.3, -0.25) is 4.79 Å². The standard InChI is InChI=1S/C19H23NO4/c1-4-20(3)18(21)12(2)23-13-9-10-15-14-7-5-6-8-16(14)19(22)24-17(15)11-13/h9-12H,4-8H2,1-3H3. The Labute approximate surface area is 141 Å². The van der Waals surface area contributed by atoms with Crippen LogP contribution in [0.5, 0.6) is 5.75 Å². The van der Waals surface area contributed by atoms with Gasteiger partial charge in [0, 0.05) is 30.6 Å². The molecule has 128 valence electrons. The summed E-state index contributed by atoms with van der Waals surface area (Å²) in [6.45, 7) is 4.27. The van der Waals surface area contributed by atoms with E-state index in [2.05, 4.69) is 0 Å². The number of amides is 1. The highest BCUT2D eigenvalue weighted by molar-refractivity contribution is 5.83. The summed E-state index contributed by atoms with van der Waals surface area (Å²) in [5.41, 5.74) is 2.20. The van der Waals surface area contributed by atoms with Crippen molar-refractivity contribution in [3.63, 3.8) is 0 Å². The first-order valence-corrected chi connectivity index (χ1v) is 8.51. The number of fused-ring (bicyclic) bond motifs is 3. The van der Waals surface area contributed by atoms with Gasteiger partial charge in [-0.1, -0.05) is 0 Å². The summed E-state index contributed by atoms with van der Waals surface area (Å²) in [5.74, 6) is 0.455. The average Bonchev–Trinajstić information content (AvgIpc) is 2.60. The molecule has 0 fully saturated rings. The molecule has 5 nitrogen and oxygen atoms in total. The molecule has 1 aliphatic carbocycles. The van der Waals surface area contributed by atoms with Crippen molar-refractivity contribution >= 4 is 16.9 Å². The Balaban J connectivity index is 1.92. The van der Waals surface area contributed by atoms with Gasteiger partial charge in [-0.2, -0.15) is 0 Å². The highest BCUT2D eigenvalue weighted by Gasteiger charge is 2.20. The van der Waals surface area contributed by atoms with Crippen LogP contribution >= 0.6 is 0 Å². The van der Waals surface area contributed by atoms with Crippen LogP contribution in [-0.2, 0) is 17.6 Å². The monoisotopic (exact) mass is 329 g/mol. The van der Waals surface area contributed by atoms with Crippen LogP contribution in [0.1, 0.15) is 37.8 Å². The molecule has 0 bridgehead atoms. The molecule has 1 heterocycles. The summed E-state index contributed by atoms with van der Waals surface area (Å²) in [7, 11) is 1.74. The van der Waals surface area contributed by atoms with Crippen molar-refractivity contribution in [2.75, 3.05) is 13.6 Å². The number of ether oxygens (including phenoxy) is 1. The van der Waals surface area contributed by atoms with Crippen molar-refractivity contribution in [3.8, 4) is 5.75 Å². The Hall–Kier alpha value is -2.30. The van der Waals surface area contributed by atoms with Crippen molar-refractivity contribution in [1.29, 1.82) is 0 Å². The number of carbonyl (C=O) groups excluding carboxylic acids is 1. The fourth-order valence-corrected chi connectivity index (χ4v) is 3.22. The number of hydrogen-bond donors (Lipinski definition) is 0. The molecule has 0 N–H and O–H groups in total. The molecule has 0 aliphatic heterocycles. The maximum absolute atomic E-state index is 12.2. The number of hydrogen-bond acceptors (Lipinski definition) is 4. The predicted molar refractivity (Wildman–Crippen MR) is 92.5 cm³/mol. The first-order valence-electron chi connectivity index (χ1n) is 8.51.